The molecule has 0 atom stereocenters. The number of benzene rings is 13. The van der Waals surface area contributed by atoms with Crippen LogP contribution in [-0.4, -0.2) is 18.3 Å². The van der Waals surface area contributed by atoms with E-state index in [1.54, 1.807) is 0 Å². The van der Waals surface area contributed by atoms with Crippen LogP contribution in [0.5, 0.6) is 0 Å². The monoisotopic (exact) mass is 1270 g/mol. The third-order valence-electron chi connectivity index (χ3n) is 20.2. The van der Waals surface area contributed by atoms with Gasteiger partial charge in [-0.15, -0.1) is 0 Å². The van der Waals surface area contributed by atoms with Crippen molar-refractivity contribution in [2.45, 2.75) is 99.2 Å². The maximum Gasteiger partial charge on any atom is 0.494 e. The molecule has 1 heterocycles. The highest BCUT2D eigenvalue weighted by atomic mass is 16.7. The Kier molecular flexibility index (Phi) is 18.4. The minimum atomic E-state index is -0.383. The first kappa shape index (κ1) is 64.8. The molecule has 98 heavy (non-hydrogen) atoms. The second-order valence-corrected chi connectivity index (χ2v) is 27.5. The Labute approximate surface area is 581 Å². The minimum Gasteiger partial charge on any atom is -0.399 e. The average molecular weight is 1270 g/mol. The summed E-state index contributed by atoms with van der Waals surface area (Å²) in [4.78, 5) is 4.77. The van der Waals surface area contributed by atoms with Crippen molar-refractivity contribution in [1.29, 1.82) is 0 Å². The van der Waals surface area contributed by atoms with E-state index < -0.39 is 0 Å². The van der Waals surface area contributed by atoms with Crippen molar-refractivity contribution in [2.75, 3.05) is 9.80 Å². The molecule has 0 aromatic heterocycles. The van der Waals surface area contributed by atoms with Crippen LogP contribution in [0.3, 0.4) is 0 Å². The summed E-state index contributed by atoms with van der Waals surface area (Å²) in [6, 6.07) is 112. The van der Waals surface area contributed by atoms with E-state index in [1.807, 2.05) is 0 Å². The van der Waals surface area contributed by atoms with Gasteiger partial charge in [-0.25, -0.2) is 0 Å². The second-order valence-electron chi connectivity index (χ2n) is 27.5. The van der Waals surface area contributed by atoms with E-state index in [-0.39, 0.29) is 18.3 Å². The Bertz CT molecular complexity index is 4780. The van der Waals surface area contributed by atoms with Crippen molar-refractivity contribution in [3.05, 3.63) is 331 Å². The van der Waals surface area contributed by atoms with Crippen molar-refractivity contribution in [3.63, 3.8) is 0 Å². The molecule has 1 saturated heterocycles. The first-order valence-electron chi connectivity index (χ1n) is 34.9. The summed E-state index contributed by atoms with van der Waals surface area (Å²) in [5.41, 5.74) is 32.4. The van der Waals surface area contributed by atoms with Gasteiger partial charge >= 0.3 is 7.12 Å². The lowest BCUT2D eigenvalue weighted by Crippen LogP contribution is -2.41. The summed E-state index contributed by atoms with van der Waals surface area (Å²) in [5, 5.41) is 0. The molecule has 1 aliphatic heterocycles. The number of hydrogen-bond acceptors (Lipinski definition) is 4. The van der Waals surface area contributed by atoms with Gasteiger partial charge in [0.05, 0.1) is 11.2 Å². The van der Waals surface area contributed by atoms with E-state index in [2.05, 4.69) is 375 Å². The molecule has 0 N–H and O–H groups in total. The van der Waals surface area contributed by atoms with Crippen molar-refractivity contribution >= 4 is 46.7 Å². The van der Waals surface area contributed by atoms with Gasteiger partial charge in [0, 0.05) is 34.1 Å². The van der Waals surface area contributed by atoms with Crippen molar-refractivity contribution in [1.82, 2.24) is 0 Å². The first-order valence-corrected chi connectivity index (χ1v) is 34.9. The lowest BCUT2D eigenvalue weighted by atomic mass is 9.78. The molecule has 0 aliphatic carbocycles. The van der Waals surface area contributed by atoms with Crippen LogP contribution < -0.4 is 15.3 Å². The predicted molar refractivity (Wildman–Crippen MR) is 417 cm³/mol. The van der Waals surface area contributed by atoms with Crippen molar-refractivity contribution < 1.29 is 9.31 Å². The lowest BCUT2D eigenvalue weighted by Gasteiger charge is -2.32. The van der Waals surface area contributed by atoms with Crippen LogP contribution in [-0.2, 0) is 22.2 Å². The summed E-state index contributed by atoms with van der Waals surface area (Å²) in [6.45, 7) is 19.5. The van der Waals surface area contributed by atoms with Crippen LogP contribution in [0.25, 0.3) is 89.0 Å². The maximum atomic E-state index is 6.33. The van der Waals surface area contributed by atoms with Crippen LogP contribution in [0.1, 0.15) is 82.2 Å². The average Bonchev–Trinajstić information content (AvgIpc) is 1.52. The molecule has 0 radical (unpaired) electrons. The van der Waals surface area contributed by atoms with E-state index in [4.69, 9.17) is 9.31 Å². The van der Waals surface area contributed by atoms with Gasteiger partial charge in [-0.2, -0.15) is 0 Å². The molecule has 0 unspecified atom stereocenters. The highest BCUT2D eigenvalue weighted by Gasteiger charge is 2.51. The van der Waals surface area contributed by atoms with Gasteiger partial charge in [-0.05, 0) is 256 Å². The van der Waals surface area contributed by atoms with Crippen molar-refractivity contribution in [3.8, 4) is 89.0 Å². The van der Waals surface area contributed by atoms with Crippen LogP contribution in [0, 0.1) is 20.8 Å². The fourth-order valence-electron chi connectivity index (χ4n) is 13.9. The third kappa shape index (κ3) is 13.6. The molecule has 5 heteroatoms. The summed E-state index contributed by atoms with van der Waals surface area (Å²) >= 11 is 0. The van der Waals surface area contributed by atoms with Crippen LogP contribution in [0.15, 0.2) is 303 Å². The number of rotatable bonds is 19. The molecular formula is C93H85BN2O2. The van der Waals surface area contributed by atoms with Gasteiger partial charge in [0.15, 0.2) is 0 Å². The van der Waals surface area contributed by atoms with Crippen molar-refractivity contribution in [2.24, 2.45) is 0 Å². The Morgan fingerprint density at radius 3 is 0.786 bits per heavy atom. The zero-order chi connectivity index (χ0) is 67.5. The molecule has 4 nitrogen and oxygen atoms in total. The molecular weight excluding hydrogens is 1190 g/mol. The lowest BCUT2D eigenvalue weighted by molar-refractivity contribution is 0.00578. The van der Waals surface area contributed by atoms with E-state index in [9.17, 15) is 0 Å². The quantitative estimate of drug-likeness (QED) is 0.0754. The minimum absolute atomic E-state index is 0.381. The van der Waals surface area contributed by atoms with Gasteiger partial charge in [0.25, 0.3) is 0 Å². The SMILES string of the molecule is CCCc1ccc(-c2ccc(N(c3ccc(-c4ccc(CCC)cc4)cc3)c3ccc(-c4ccc(-c5ccc(-c6ccc(N(c7ccc(-c8ccccc8)cc7)c7ccc(-c8ccc(-c9ccc(B%10OC(C)(C)C(C)(C)O%10)cc9)cc8)c(C)c7)cc6C)cc5)cc4)c(C)c3)cc2)cc1. The molecule has 13 aromatic carbocycles. The molecule has 0 saturated carbocycles. The van der Waals surface area contributed by atoms with E-state index in [0.29, 0.717) is 0 Å². The van der Waals surface area contributed by atoms with Crippen LogP contribution >= 0.6 is 0 Å². The summed E-state index contributed by atoms with van der Waals surface area (Å²) in [5.74, 6) is 0. The highest BCUT2D eigenvalue weighted by molar-refractivity contribution is 6.62. The van der Waals surface area contributed by atoms with Crippen LogP contribution in [0.4, 0.5) is 34.1 Å². The molecule has 482 valence electrons. The normalized spacial score (nSPS) is 13.2. The van der Waals surface area contributed by atoms with Gasteiger partial charge in [-0.1, -0.05) is 257 Å². The summed E-state index contributed by atoms with van der Waals surface area (Å²) in [6.07, 6.45) is 4.49. The molecule has 1 fully saturated rings. The largest absolute Gasteiger partial charge is 0.494 e. The summed E-state index contributed by atoms with van der Waals surface area (Å²) in [7, 11) is -0.383. The van der Waals surface area contributed by atoms with E-state index in [0.717, 1.165) is 76.4 Å². The molecule has 0 amide bonds. The Balaban J connectivity index is 0.693. The zero-order valence-corrected chi connectivity index (χ0v) is 58.0. The predicted octanol–water partition coefficient (Wildman–Crippen LogP) is 25.1. The zero-order valence-electron chi connectivity index (χ0n) is 58.0. The Hall–Kier alpha value is -10.6. The second kappa shape index (κ2) is 27.9. The smallest absolute Gasteiger partial charge is 0.399 e. The first-order chi connectivity index (χ1) is 47.6. The van der Waals surface area contributed by atoms with Gasteiger partial charge in [-0.3, -0.25) is 0 Å². The standard InChI is InChI=1S/C93H85BN2O2/c1-10-15-67-19-23-70(24-20-67)77-43-49-83(50-44-77)95(84-51-45-78(46-52-84)71-25-21-68(16-11-2)22-26-71)86-55-58-89(64(3)61-86)79-33-27-72(28-34-79)73-29-35-80(36-30-73)90-59-56-87(62-65(90)4)96(85-53-41-76(42-54-85)69-17-13-12-14-18-69)88-57-60-91(66(5)63-88)81-37-31-74(32-38-81)75-39-47-82(48-40-75)94-97-92(6,7)93(8,9)98-94/h12-14,17-63H,10-11,15-16H2,1-9H3. The Morgan fingerprint density at radius 2 is 0.500 bits per heavy atom. The van der Waals surface area contributed by atoms with Gasteiger partial charge in [0.2, 0.25) is 0 Å². The molecule has 14 rings (SSSR count). The number of aryl methyl sites for hydroxylation is 5. The fourth-order valence-corrected chi connectivity index (χ4v) is 13.9. The molecule has 0 spiro atoms. The summed E-state index contributed by atoms with van der Waals surface area (Å²) < 4.78 is 12.7. The van der Waals surface area contributed by atoms with Crippen LogP contribution in [0.2, 0.25) is 0 Å². The highest BCUT2D eigenvalue weighted by Crippen LogP contribution is 2.44. The maximum absolute atomic E-state index is 6.33. The Morgan fingerprint density at radius 1 is 0.265 bits per heavy atom. The number of nitrogens with zero attached hydrogens (tertiary/aromatic N) is 2. The topological polar surface area (TPSA) is 24.9 Å². The fraction of sp³-hybridized carbons (Fsp3) is 0.161. The van der Waals surface area contributed by atoms with E-state index in [1.165, 1.54) is 106 Å². The number of anilines is 6. The third-order valence-corrected chi connectivity index (χ3v) is 20.2. The van der Waals surface area contributed by atoms with E-state index >= 15 is 0 Å². The number of hydrogen-bond donors (Lipinski definition) is 0. The molecule has 0 bridgehead atoms. The molecule has 1 aliphatic rings. The van der Waals surface area contributed by atoms with Gasteiger partial charge < -0.3 is 19.1 Å². The molecule has 13 aromatic rings. The van der Waals surface area contributed by atoms with Gasteiger partial charge in [0.1, 0.15) is 0 Å².